The number of hydrogen-bond acceptors (Lipinski definition) is 8. The first kappa shape index (κ1) is 21.2. The molecule has 4 heterocycles. The van der Waals surface area contributed by atoms with E-state index in [9.17, 15) is 9.90 Å². The molecule has 2 unspecified atom stereocenters. The number of nitrogens with zero attached hydrogens (tertiary/aromatic N) is 5. The molecule has 0 aromatic carbocycles. The monoisotopic (exact) mass is 423 g/mol. The highest BCUT2D eigenvalue weighted by Crippen LogP contribution is 2.21. The Hall–Kier alpha value is -3.04. The number of piperazine rings is 1. The van der Waals surface area contributed by atoms with Gasteiger partial charge in [-0.1, -0.05) is 0 Å². The summed E-state index contributed by atoms with van der Waals surface area (Å²) in [6, 6.07) is 6.32. The van der Waals surface area contributed by atoms with Crippen LogP contribution in [-0.2, 0) is 6.61 Å². The molecule has 3 aromatic heterocycles. The lowest BCUT2D eigenvalue weighted by Gasteiger charge is -2.36. The summed E-state index contributed by atoms with van der Waals surface area (Å²) < 4.78 is 1.59. The van der Waals surface area contributed by atoms with Gasteiger partial charge in [0.05, 0.1) is 18.5 Å². The van der Waals surface area contributed by atoms with Crippen molar-refractivity contribution >= 4 is 28.5 Å². The number of nitrogens with one attached hydrogen (secondary N) is 2. The van der Waals surface area contributed by atoms with Crippen molar-refractivity contribution < 1.29 is 5.11 Å². The fraction of sp³-hybridized carbons (Fsp3) is 0.455. The molecule has 1 fully saturated rings. The predicted octanol–water partition coefficient (Wildman–Crippen LogP) is 2.19. The molecule has 1 aliphatic rings. The predicted molar refractivity (Wildman–Crippen MR) is 122 cm³/mol. The highest BCUT2D eigenvalue weighted by atomic mass is 16.3. The van der Waals surface area contributed by atoms with Gasteiger partial charge in [-0.05, 0) is 45.9 Å². The number of fused-ring (bicyclic) bond motifs is 1. The summed E-state index contributed by atoms with van der Waals surface area (Å²) in [5.74, 6) is 1.33. The molecule has 4 rings (SSSR count). The van der Waals surface area contributed by atoms with Crippen molar-refractivity contribution in [2.24, 2.45) is 0 Å². The quantitative estimate of drug-likeness (QED) is 0.573. The maximum Gasteiger partial charge on any atom is 0.257 e. The SMILES string of the molecule is CC1CN(c2ccc(Nc3ncc4cc(CO)c(=O)n(C(C)C)c4n3)cn2)CC(C)N1. The summed E-state index contributed by atoms with van der Waals surface area (Å²) in [6.45, 7) is 9.70. The smallest absolute Gasteiger partial charge is 0.257 e. The second-order valence-corrected chi connectivity index (χ2v) is 8.47. The van der Waals surface area contributed by atoms with Gasteiger partial charge in [-0.2, -0.15) is 4.98 Å². The molecule has 2 atom stereocenters. The minimum Gasteiger partial charge on any atom is -0.391 e. The van der Waals surface area contributed by atoms with Crippen LogP contribution in [0.3, 0.4) is 0 Å². The lowest BCUT2D eigenvalue weighted by molar-refractivity contribution is 0.279. The fourth-order valence-electron chi connectivity index (χ4n) is 4.12. The van der Waals surface area contributed by atoms with Crippen LogP contribution >= 0.6 is 0 Å². The van der Waals surface area contributed by atoms with Crippen LogP contribution in [0.2, 0.25) is 0 Å². The third kappa shape index (κ3) is 4.38. The molecule has 0 spiro atoms. The van der Waals surface area contributed by atoms with Crippen molar-refractivity contribution in [3.8, 4) is 0 Å². The molecule has 0 amide bonds. The lowest BCUT2D eigenvalue weighted by atomic mass is 10.1. The Morgan fingerprint density at radius 2 is 1.94 bits per heavy atom. The van der Waals surface area contributed by atoms with Gasteiger partial charge in [-0.25, -0.2) is 9.97 Å². The average Bonchev–Trinajstić information content (AvgIpc) is 2.73. The first-order valence-electron chi connectivity index (χ1n) is 10.6. The summed E-state index contributed by atoms with van der Waals surface area (Å²) in [4.78, 5) is 28.5. The van der Waals surface area contributed by atoms with Crippen molar-refractivity contribution in [1.29, 1.82) is 0 Å². The molecule has 3 aromatic rings. The number of hydrogen-bond donors (Lipinski definition) is 3. The number of pyridine rings is 2. The number of aliphatic hydroxyl groups is 1. The molecule has 9 heteroatoms. The van der Waals surface area contributed by atoms with Gasteiger partial charge in [0, 0.05) is 48.4 Å². The summed E-state index contributed by atoms with van der Waals surface area (Å²) in [5.41, 5.74) is 1.40. The first-order valence-corrected chi connectivity index (χ1v) is 10.6. The molecule has 9 nitrogen and oxygen atoms in total. The van der Waals surface area contributed by atoms with Gasteiger partial charge in [0.15, 0.2) is 0 Å². The van der Waals surface area contributed by atoms with E-state index in [1.54, 1.807) is 23.0 Å². The van der Waals surface area contributed by atoms with Crippen LogP contribution in [0, 0.1) is 0 Å². The van der Waals surface area contributed by atoms with Gasteiger partial charge in [0.1, 0.15) is 11.5 Å². The fourth-order valence-corrected chi connectivity index (χ4v) is 4.12. The van der Waals surface area contributed by atoms with Crippen molar-refractivity contribution in [3.05, 3.63) is 46.5 Å². The number of anilines is 3. The molecular weight excluding hydrogens is 394 g/mol. The standard InChI is InChI=1S/C22H29N7O2/c1-13(2)29-20-16(7-17(12-30)21(29)31)8-24-22(27-20)26-18-5-6-19(23-9-18)28-10-14(3)25-15(4)11-28/h5-9,13-15,25,30H,10-12H2,1-4H3,(H,24,26,27). The molecule has 1 saturated heterocycles. The van der Waals surface area contributed by atoms with E-state index >= 15 is 0 Å². The van der Waals surface area contributed by atoms with Crippen LogP contribution in [0.25, 0.3) is 11.0 Å². The van der Waals surface area contributed by atoms with Crippen molar-refractivity contribution in [2.75, 3.05) is 23.3 Å². The van der Waals surface area contributed by atoms with Crippen LogP contribution in [0.5, 0.6) is 0 Å². The van der Waals surface area contributed by atoms with E-state index in [2.05, 4.69) is 44.3 Å². The van der Waals surface area contributed by atoms with Crippen LogP contribution < -0.4 is 21.1 Å². The van der Waals surface area contributed by atoms with E-state index in [-0.39, 0.29) is 18.2 Å². The Labute approximate surface area is 181 Å². The van der Waals surface area contributed by atoms with Gasteiger partial charge in [0.25, 0.3) is 5.56 Å². The molecular formula is C22H29N7O2. The van der Waals surface area contributed by atoms with E-state index in [1.165, 1.54) is 0 Å². The minimum absolute atomic E-state index is 0.103. The zero-order valence-electron chi connectivity index (χ0n) is 18.3. The maximum atomic E-state index is 12.7. The average molecular weight is 424 g/mol. The summed E-state index contributed by atoms with van der Waals surface area (Å²) >= 11 is 0. The Morgan fingerprint density at radius 3 is 2.55 bits per heavy atom. The highest BCUT2D eigenvalue weighted by molar-refractivity contribution is 5.76. The first-order chi connectivity index (χ1) is 14.9. The number of aliphatic hydroxyl groups excluding tert-OH is 1. The largest absolute Gasteiger partial charge is 0.391 e. The Bertz CT molecular complexity index is 1120. The molecule has 0 saturated carbocycles. The van der Waals surface area contributed by atoms with E-state index in [4.69, 9.17) is 0 Å². The zero-order chi connectivity index (χ0) is 22.1. The van der Waals surface area contributed by atoms with Gasteiger partial charge in [0.2, 0.25) is 5.95 Å². The second kappa shape index (κ2) is 8.60. The molecule has 0 radical (unpaired) electrons. The Morgan fingerprint density at radius 1 is 1.19 bits per heavy atom. The number of rotatable bonds is 5. The highest BCUT2D eigenvalue weighted by Gasteiger charge is 2.21. The van der Waals surface area contributed by atoms with E-state index in [1.807, 2.05) is 26.0 Å². The topological polar surface area (TPSA) is 108 Å². The second-order valence-electron chi connectivity index (χ2n) is 8.47. The van der Waals surface area contributed by atoms with Gasteiger partial charge in [-0.15, -0.1) is 0 Å². The Balaban J connectivity index is 1.60. The van der Waals surface area contributed by atoms with Crippen molar-refractivity contribution in [3.63, 3.8) is 0 Å². The van der Waals surface area contributed by atoms with Crippen LogP contribution in [-0.4, -0.2) is 49.8 Å². The summed E-state index contributed by atoms with van der Waals surface area (Å²) in [7, 11) is 0. The maximum absolute atomic E-state index is 12.7. The zero-order valence-corrected chi connectivity index (χ0v) is 18.3. The minimum atomic E-state index is -0.315. The molecule has 3 N–H and O–H groups in total. The van der Waals surface area contributed by atoms with Crippen LogP contribution in [0.1, 0.15) is 39.3 Å². The molecule has 1 aliphatic heterocycles. The summed E-state index contributed by atoms with van der Waals surface area (Å²) in [5, 5.41) is 16.9. The third-order valence-corrected chi connectivity index (χ3v) is 5.42. The van der Waals surface area contributed by atoms with Crippen molar-refractivity contribution in [2.45, 2.75) is 52.4 Å². The van der Waals surface area contributed by atoms with Gasteiger partial charge < -0.3 is 20.6 Å². The van der Waals surface area contributed by atoms with Gasteiger partial charge >= 0.3 is 0 Å². The van der Waals surface area contributed by atoms with Gasteiger partial charge in [-0.3, -0.25) is 9.36 Å². The third-order valence-electron chi connectivity index (χ3n) is 5.42. The molecule has 0 bridgehead atoms. The van der Waals surface area contributed by atoms with Crippen LogP contribution in [0.15, 0.2) is 35.4 Å². The van der Waals surface area contributed by atoms with Crippen LogP contribution in [0.4, 0.5) is 17.5 Å². The van der Waals surface area contributed by atoms with E-state index < -0.39 is 0 Å². The number of aromatic nitrogens is 4. The van der Waals surface area contributed by atoms with E-state index in [0.717, 1.165) is 24.6 Å². The van der Waals surface area contributed by atoms with Crippen molar-refractivity contribution in [1.82, 2.24) is 24.8 Å². The molecule has 164 valence electrons. The van der Waals surface area contributed by atoms with E-state index in [0.29, 0.717) is 34.6 Å². The lowest BCUT2D eigenvalue weighted by Crippen LogP contribution is -2.54. The molecule has 0 aliphatic carbocycles. The summed E-state index contributed by atoms with van der Waals surface area (Å²) in [6.07, 6.45) is 3.43. The Kier molecular flexibility index (Phi) is 5.88. The molecule has 31 heavy (non-hydrogen) atoms. The normalized spacial score (nSPS) is 19.2.